The highest BCUT2D eigenvalue weighted by Crippen LogP contribution is 2.45. The molecule has 2 nitrogen and oxygen atoms in total. The number of para-hydroxylation sites is 3. The van der Waals surface area contributed by atoms with Crippen molar-refractivity contribution in [2.24, 2.45) is 0 Å². The van der Waals surface area contributed by atoms with Gasteiger partial charge in [0.25, 0.3) is 0 Å². The van der Waals surface area contributed by atoms with Gasteiger partial charge in [0.15, 0.2) is 0 Å². The number of allylic oxidation sites excluding steroid dienone is 1. The van der Waals surface area contributed by atoms with Gasteiger partial charge in [-0.15, -0.1) is 0 Å². The van der Waals surface area contributed by atoms with Crippen molar-refractivity contribution in [3.63, 3.8) is 0 Å². The molecule has 0 aliphatic heterocycles. The van der Waals surface area contributed by atoms with Crippen LogP contribution in [0.5, 0.6) is 0 Å². The summed E-state index contributed by atoms with van der Waals surface area (Å²) in [6.45, 7) is 8.58. The van der Waals surface area contributed by atoms with Gasteiger partial charge >= 0.3 is 0 Å². The Morgan fingerprint density at radius 2 is 0.942 bits per heavy atom. The maximum atomic E-state index is 6.46. The van der Waals surface area contributed by atoms with E-state index in [2.05, 4.69) is 147 Å². The number of hydrogen-bond acceptors (Lipinski definition) is 2. The Balaban J connectivity index is 1.19. The van der Waals surface area contributed by atoms with Crippen LogP contribution in [0, 0.1) is 0 Å². The number of hydrogen-bond donors (Lipinski definition) is 0. The van der Waals surface area contributed by atoms with E-state index in [4.69, 9.17) is 8.83 Å². The third-order valence-electron chi connectivity index (χ3n) is 10.4. The maximum Gasteiger partial charge on any atom is 0.143 e. The molecule has 0 N–H and O–H groups in total. The Hall–Kier alpha value is -6.90. The van der Waals surface area contributed by atoms with Gasteiger partial charge in [0.2, 0.25) is 0 Å². The molecule has 10 aromatic rings. The predicted molar refractivity (Wildman–Crippen MR) is 219 cm³/mol. The largest absolute Gasteiger partial charge is 0.455 e. The van der Waals surface area contributed by atoms with Crippen LogP contribution in [-0.2, 0) is 0 Å². The Kier molecular flexibility index (Phi) is 6.84. The van der Waals surface area contributed by atoms with Gasteiger partial charge in [0.05, 0.1) is 0 Å². The lowest BCUT2D eigenvalue weighted by molar-refractivity contribution is 0.573. The summed E-state index contributed by atoms with van der Waals surface area (Å²) in [6.07, 6.45) is 1.88. The van der Waals surface area contributed by atoms with Crippen LogP contribution in [0.2, 0.25) is 0 Å². The lowest BCUT2D eigenvalue weighted by atomic mass is 9.85. The monoisotopic (exact) mass is 664 g/mol. The molecule has 0 aliphatic carbocycles. The first-order valence-electron chi connectivity index (χ1n) is 17.6. The molecule has 0 amide bonds. The molecule has 52 heavy (non-hydrogen) atoms. The molecular formula is C50H32O2. The van der Waals surface area contributed by atoms with Crippen molar-refractivity contribution in [2.45, 2.75) is 0 Å². The van der Waals surface area contributed by atoms with Crippen LogP contribution in [-0.4, -0.2) is 0 Å². The van der Waals surface area contributed by atoms with Crippen molar-refractivity contribution in [1.82, 2.24) is 0 Å². The third-order valence-corrected chi connectivity index (χ3v) is 10.4. The van der Waals surface area contributed by atoms with Gasteiger partial charge in [-0.3, -0.25) is 0 Å². The smallest absolute Gasteiger partial charge is 0.143 e. The fraction of sp³-hybridized carbons (Fsp3) is 0. The zero-order chi connectivity index (χ0) is 34.8. The van der Waals surface area contributed by atoms with Gasteiger partial charge in [-0.25, -0.2) is 0 Å². The van der Waals surface area contributed by atoms with Crippen LogP contribution >= 0.6 is 0 Å². The van der Waals surface area contributed by atoms with E-state index in [1.165, 1.54) is 32.7 Å². The zero-order valence-corrected chi connectivity index (χ0v) is 28.4. The topological polar surface area (TPSA) is 26.3 Å². The SMILES string of the molecule is C=C/C(c1cccc(-c2c3ccccc3c(-c3cccc(-c4cccc5c4oc4ccccc45)c3)c3ccccc23)c1)=c1/oc2ccccc2c1=C. The molecule has 2 heteroatoms. The Bertz CT molecular complexity index is 3110. The van der Waals surface area contributed by atoms with E-state index in [9.17, 15) is 0 Å². The second-order valence-corrected chi connectivity index (χ2v) is 13.3. The molecular weight excluding hydrogens is 633 g/mol. The maximum absolute atomic E-state index is 6.46. The lowest BCUT2D eigenvalue weighted by Gasteiger charge is -2.18. The highest BCUT2D eigenvalue weighted by Gasteiger charge is 2.19. The zero-order valence-electron chi connectivity index (χ0n) is 28.4. The summed E-state index contributed by atoms with van der Waals surface area (Å²) in [5.74, 6) is 0. The van der Waals surface area contributed by atoms with Gasteiger partial charge in [-0.05, 0) is 79.2 Å². The van der Waals surface area contributed by atoms with Crippen LogP contribution < -0.4 is 10.6 Å². The Morgan fingerprint density at radius 3 is 1.58 bits per heavy atom. The van der Waals surface area contributed by atoms with Crippen molar-refractivity contribution in [3.05, 3.63) is 193 Å². The molecule has 0 saturated heterocycles. The summed E-state index contributed by atoms with van der Waals surface area (Å²) < 4.78 is 12.8. The van der Waals surface area contributed by atoms with Crippen LogP contribution in [0.3, 0.4) is 0 Å². The van der Waals surface area contributed by atoms with Crippen molar-refractivity contribution >= 4 is 66.6 Å². The van der Waals surface area contributed by atoms with Crippen molar-refractivity contribution < 1.29 is 8.83 Å². The van der Waals surface area contributed by atoms with E-state index in [1.54, 1.807) is 0 Å². The van der Waals surface area contributed by atoms with E-state index in [0.29, 0.717) is 0 Å². The molecule has 0 radical (unpaired) electrons. The summed E-state index contributed by atoms with van der Waals surface area (Å²) in [7, 11) is 0. The summed E-state index contributed by atoms with van der Waals surface area (Å²) in [4.78, 5) is 0. The highest BCUT2D eigenvalue weighted by atomic mass is 16.3. The van der Waals surface area contributed by atoms with Gasteiger partial charge < -0.3 is 8.83 Å². The van der Waals surface area contributed by atoms with Gasteiger partial charge in [0.1, 0.15) is 22.2 Å². The first kappa shape index (κ1) is 30.0. The van der Waals surface area contributed by atoms with Crippen LogP contribution in [0.25, 0.3) is 100.0 Å². The molecule has 0 fully saturated rings. The van der Waals surface area contributed by atoms with Gasteiger partial charge in [-0.1, -0.05) is 159 Å². The minimum Gasteiger partial charge on any atom is -0.455 e. The average Bonchev–Trinajstić information content (AvgIpc) is 3.75. The molecule has 2 heterocycles. The second kappa shape index (κ2) is 11.9. The Labute approximate surface area is 300 Å². The number of fused-ring (bicyclic) bond motifs is 6. The molecule has 2 aromatic heterocycles. The first-order chi connectivity index (χ1) is 25.7. The minimum absolute atomic E-state index is 0.747. The molecule has 244 valence electrons. The summed E-state index contributed by atoms with van der Waals surface area (Å²) in [5, 5.41) is 8.93. The number of rotatable bonds is 5. The quantitative estimate of drug-likeness (QED) is 0.171. The van der Waals surface area contributed by atoms with E-state index in [-0.39, 0.29) is 0 Å². The molecule has 0 bridgehead atoms. The Morgan fingerprint density at radius 1 is 0.442 bits per heavy atom. The summed E-state index contributed by atoms with van der Waals surface area (Å²) in [5.41, 5.74) is 12.2. The average molecular weight is 665 g/mol. The molecule has 0 atom stereocenters. The van der Waals surface area contributed by atoms with E-state index in [1.807, 2.05) is 36.4 Å². The molecule has 10 rings (SSSR count). The van der Waals surface area contributed by atoms with Crippen LogP contribution in [0.15, 0.2) is 185 Å². The third kappa shape index (κ3) is 4.58. The highest BCUT2D eigenvalue weighted by molar-refractivity contribution is 6.21. The predicted octanol–water partition coefficient (Wildman–Crippen LogP) is 12.4. The van der Waals surface area contributed by atoms with E-state index >= 15 is 0 Å². The molecule has 0 spiro atoms. The van der Waals surface area contributed by atoms with Crippen LogP contribution in [0.1, 0.15) is 5.56 Å². The second-order valence-electron chi connectivity index (χ2n) is 13.3. The first-order valence-corrected chi connectivity index (χ1v) is 17.6. The standard InChI is InChI=1S/C50H32O2/c1-3-36(49-31(2)37-19-8-10-27-45(37)51-49)32-15-12-17-34(29-32)47-40-21-4-6-23-42(40)48(43-24-7-5-22-41(43)47)35-18-13-16-33(30-35)38-25-14-26-44-39-20-9-11-28-46(39)52-50(38)44/h3-30H,1-2H2/b49-36-. The van der Waals surface area contributed by atoms with Crippen LogP contribution in [0.4, 0.5) is 0 Å². The van der Waals surface area contributed by atoms with Crippen molar-refractivity contribution in [1.29, 1.82) is 0 Å². The van der Waals surface area contributed by atoms with Crippen molar-refractivity contribution in [2.75, 3.05) is 0 Å². The molecule has 0 aliphatic rings. The minimum atomic E-state index is 0.747. The molecule has 8 aromatic carbocycles. The van der Waals surface area contributed by atoms with E-state index < -0.39 is 0 Å². The van der Waals surface area contributed by atoms with Gasteiger partial charge in [-0.2, -0.15) is 0 Å². The van der Waals surface area contributed by atoms with Gasteiger partial charge in [0, 0.05) is 32.5 Å². The summed E-state index contributed by atoms with van der Waals surface area (Å²) >= 11 is 0. The number of benzene rings is 8. The molecule has 0 unspecified atom stereocenters. The van der Waals surface area contributed by atoms with E-state index in [0.717, 1.165) is 76.9 Å². The summed E-state index contributed by atoms with van der Waals surface area (Å²) in [6, 6.07) is 57.9. The number of furan rings is 2. The fourth-order valence-corrected chi connectivity index (χ4v) is 8.07. The molecule has 0 saturated carbocycles. The lowest BCUT2D eigenvalue weighted by Crippen LogP contribution is -2.21. The normalized spacial score (nSPS) is 12.3. The fourth-order valence-electron chi connectivity index (χ4n) is 8.07. The van der Waals surface area contributed by atoms with Crippen molar-refractivity contribution in [3.8, 4) is 33.4 Å².